The normalized spacial score (nSPS) is 11.8. The number of fused-ring (bicyclic) bond motifs is 1. The quantitative estimate of drug-likeness (QED) is 0.225. The number of benzene rings is 3. The van der Waals surface area contributed by atoms with Crippen molar-refractivity contribution in [3.8, 4) is 21.8 Å². The minimum absolute atomic E-state index is 0.508. The first-order chi connectivity index (χ1) is 17.0. The third-order valence-corrected chi connectivity index (χ3v) is 7.17. The molecule has 0 saturated carbocycles. The second kappa shape index (κ2) is 10.2. The molecule has 5 rings (SSSR count). The van der Waals surface area contributed by atoms with Gasteiger partial charge in [0.15, 0.2) is 0 Å². The Labute approximate surface area is 218 Å². The van der Waals surface area contributed by atoms with Gasteiger partial charge in [0, 0.05) is 51.2 Å². The van der Waals surface area contributed by atoms with Crippen molar-refractivity contribution in [1.29, 1.82) is 0 Å². The Bertz CT molecular complexity index is 1540. The molecule has 2 aromatic heterocycles. The molecular weight excluding hydrogens is 497 g/mol. The van der Waals surface area contributed by atoms with E-state index in [2.05, 4.69) is 43.0 Å². The fourth-order valence-electron chi connectivity index (χ4n) is 3.91. The molecule has 0 amide bonds. The number of hydrogen-bond acceptors (Lipinski definition) is 5. The molecule has 0 aliphatic rings. The van der Waals surface area contributed by atoms with E-state index < -0.39 is 0 Å². The molecule has 4 nitrogen and oxygen atoms in total. The van der Waals surface area contributed by atoms with Crippen LogP contribution in [0.4, 0.5) is 11.4 Å². The average Bonchev–Trinajstić information content (AvgIpc) is 3.36. The summed E-state index contributed by atoms with van der Waals surface area (Å²) < 4.78 is 6.41. The Hall–Kier alpha value is -3.12. The lowest BCUT2D eigenvalue weighted by Crippen LogP contribution is -2.21. The largest absolute Gasteiger partial charge is 0.438 e. The number of nitrogens with zero attached hydrogens (tertiary/aromatic N) is 3. The van der Waals surface area contributed by atoms with E-state index in [9.17, 15) is 0 Å². The SMILES string of the molecule is CCN(CC)c1ccc2cc(-c3nc(-c4ccc(Cl)cc4)cs3)c(=Nc3ccc(Cl)cc3)oc2c1. The van der Waals surface area contributed by atoms with Gasteiger partial charge in [0.1, 0.15) is 10.6 Å². The summed E-state index contributed by atoms with van der Waals surface area (Å²) in [6.07, 6.45) is 0. The third-order valence-electron chi connectivity index (χ3n) is 5.79. The Kier molecular flexibility index (Phi) is 6.91. The Morgan fingerprint density at radius 1 is 0.886 bits per heavy atom. The zero-order chi connectivity index (χ0) is 24.4. The van der Waals surface area contributed by atoms with Crippen LogP contribution in [0.2, 0.25) is 10.0 Å². The van der Waals surface area contributed by atoms with E-state index in [0.717, 1.165) is 57.3 Å². The van der Waals surface area contributed by atoms with Crippen molar-refractivity contribution < 1.29 is 4.42 Å². The van der Waals surface area contributed by atoms with Crippen molar-refractivity contribution in [2.45, 2.75) is 13.8 Å². The first-order valence-corrected chi connectivity index (χ1v) is 13.0. The molecule has 35 heavy (non-hydrogen) atoms. The zero-order valence-electron chi connectivity index (χ0n) is 19.3. The molecule has 5 aromatic rings. The number of rotatable bonds is 6. The lowest BCUT2D eigenvalue weighted by molar-refractivity contribution is 0.547. The summed E-state index contributed by atoms with van der Waals surface area (Å²) in [5.41, 5.74) is 5.90. The van der Waals surface area contributed by atoms with Crippen LogP contribution in [0.25, 0.3) is 32.8 Å². The summed E-state index contributed by atoms with van der Waals surface area (Å²) in [5.74, 6) is 0. The van der Waals surface area contributed by atoms with Gasteiger partial charge in [-0.25, -0.2) is 9.98 Å². The van der Waals surface area contributed by atoms with Crippen LogP contribution in [0.1, 0.15) is 13.8 Å². The minimum atomic E-state index is 0.508. The van der Waals surface area contributed by atoms with Crippen LogP contribution in [0, 0.1) is 0 Å². The van der Waals surface area contributed by atoms with Gasteiger partial charge in [-0.15, -0.1) is 11.3 Å². The lowest BCUT2D eigenvalue weighted by atomic mass is 10.1. The van der Waals surface area contributed by atoms with Gasteiger partial charge in [-0.3, -0.25) is 0 Å². The molecule has 3 aromatic carbocycles. The average molecular weight is 520 g/mol. The van der Waals surface area contributed by atoms with E-state index in [0.29, 0.717) is 15.6 Å². The van der Waals surface area contributed by atoms with Crippen LogP contribution in [0.5, 0.6) is 0 Å². The van der Waals surface area contributed by atoms with E-state index in [-0.39, 0.29) is 0 Å². The van der Waals surface area contributed by atoms with Gasteiger partial charge >= 0.3 is 0 Å². The minimum Gasteiger partial charge on any atom is -0.438 e. The molecule has 0 saturated heterocycles. The van der Waals surface area contributed by atoms with E-state index in [1.807, 2.05) is 53.9 Å². The van der Waals surface area contributed by atoms with Gasteiger partial charge in [-0.2, -0.15) is 0 Å². The maximum Gasteiger partial charge on any atom is 0.230 e. The maximum atomic E-state index is 6.41. The first-order valence-electron chi connectivity index (χ1n) is 11.4. The Morgan fingerprint density at radius 3 is 2.26 bits per heavy atom. The lowest BCUT2D eigenvalue weighted by Gasteiger charge is -2.21. The molecule has 0 aliphatic heterocycles. The number of hydrogen-bond donors (Lipinski definition) is 0. The summed E-state index contributed by atoms with van der Waals surface area (Å²) >= 11 is 13.7. The summed E-state index contributed by atoms with van der Waals surface area (Å²) in [5, 5.41) is 5.23. The predicted molar refractivity (Wildman–Crippen MR) is 148 cm³/mol. The summed E-state index contributed by atoms with van der Waals surface area (Å²) in [6.45, 7) is 6.15. The number of halogens is 2. The van der Waals surface area contributed by atoms with E-state index in [1.54, 1.807) is 11.3 Å². The molecule has 0 radical (unpaired) electrons. The molecule has 0 bridgehead atoms. The Balaban J connectivity index is 1.67. The van der Waals surface area contributed by atoms with E-state index >= 15 is 0 Å². The van der Waals surface area contributed by atoms with Gasteiger partial charge < -0.3 is 9.32 Å². The van der Waals surface area contributed by atoms with Crippen molar-refractivity contribution >= 4 is 56.9 Å². The summed E-state index contributed by atoms with van der Waals surface area (Å²) in [4.78, 5) is 12.0. The topological polar surface area (TPSA) is 41.6 Å². The Morgan fingerprint density at radius 2 is 1.57 bits per heavy atom. The van der Waals surface area contributed by atoms with Gasteiger partial charge in [0.2, 0.25) is 5.55 Å². The van der Waals surface area contributed by atoms with Crippen LogP contribution in [0.15, 0.2) is 87.6 Å². The fourth-order valence-corrected chi connectivity index (χ4v) is 5.00. The number of anilines is 1. The smallest absolute Gasteiger partial charge is 0.230 e. The standard InChI is InChI=1S/C28H23Cl2N3OS/c1-3-33(4-2)23-14-7-19-15-24(28-32-25(17-35-28)18-5-8-20(29)9-6-18)27(34-26(19)16-23)31-22-12-10-21(30)11-13-22/h5-17H,3-4H2,1-2H3. The molecule has 7 heteroatoms. The third kappa shape index (κ3) is 5.13. The van der Waals surface area contributed by atoms with Crippen LogP contribution >= 0.6 is 34.5 Å². The fraction of sp³-hybridized carbons (Fsp3) is 0.143. The monoisotopic (exact) mass is 519 g/mol. The van der Waals surface area contributed by atoms with Gasteiger partial charge in [0.05, 0.1) is 16.9 Å². The highest BCUT2D eigenvalue weighted by atomic mass is 35.5. The van der Waals surface area contributed by atoms with Gasteiger partial charge in [-0.05, 0) is 68.4 Å². The highest BCUT2D eigenvalue weighted by molar-refractivity contribution is 7.13. The van der Waals surface area contributed by atoms with Crippen LogP contribution in [-0.2, 0) is 0 Å². The van der Waals surface area contributed by atoms with Crippen molar-refractivity contribution in [3.63, 3.8) is 0 Å². The first kappa shape index (κ1) is 23.6. The molecule has 0 unspecified atom stereocenters. The molecule has 176 valence electrons. The molecule has 0 N–H and O–H groups in total. The summed E-state index contributed by atoms with van der Waals surface area (Å²) in [6, 6.07) is 23.5. The molecule has 0 aliphatic carbocycles. The second-order valence-corrected chi connectivity index (χ2v) is 9.72. The van der Waals surface area contributed by atoms with Crippen LogP contribution in [-0.4, -0.2) is 18.1 Å². The van der Waals surface area contributed by atoms with Crippen molar-refractivity contribution in [2.24, 2.45) is 4.99 Å². The number of aromatic nitrogens is 1. The molecule has 0 spiro atoms. The van der Waals surface area contributed by atoms with Gasteiger partial charge in [0.25, 0.3) is 0 Å². The van der Waals surface area contributed by atoms with Crippen LogP contribution in [0.3, 0.4) is 0 Å². The number of thiazole rings is 1. The van der Waals surface area contributed by atoms with Crippen LogP contribution < -0.4 is 10.5 Å². The van der Waals surface area contributed by atoms with Crippen molar-refractivity contribution in [3.05, 3.63) is 93.8 Å². The van der Waals surface area contributed by atoms with Crippen molar-refractivity contribution in [1.82, 2.24) is 4.98 Å². The molecule has 0 atom stereocenters. The molecule has 0 fully saturated rings. The predicted octanol–water partition coefficient (Wildman–Crippen LogP) is 8.61. The maximum absolute atomic E-state index is 6.41. The van der Waals surface area contributed by atoms with E-state index in [1.165, 1.54) is 0 Å². The highest BCUT2D eigenvalue weighted by Gasteiger charge is 2.14. The molecule has 2 heterocycles. The van der Waals surface area contributed by atoms with Gasteiger partial charge in [-0.1, -0.05) is 35.3 Å². The van der Waals surface area contributed by atoms with E-state index in [4.69, 9.17) is 37.6 Å². The molecular formula is C28H23Cl2N3OS. The summed E-state index contributed by atoms with van der Waals surface area (Å²) in [7, 11) is 0. The second-order valence-electron chi connectivity index (χ2n) is 7.99. The zero-order valence-corrected chi connectivity index (χ0v) is 21.7. The highest BCUT2D eigenvalue weighted by Crippen LogP contribution is 2.31. The van der Waals surface area contributed by atoms with Crippen molar-refractivity contribution in [2.75, 3.05) is 18.0 Å².